The van der Waals surface area contributed by atoms with Gasteiger partial charge in [-0.25, -0.2) is 4.98 Å². The number of hydrogen-bond donors (Lipinski definition) is 2. The number of carbonyl (C=O) groups is 1. The van der Waals surface area contributed by atoms with Crippen LogP contribution in [0.2, 0.25) is 0 Å². The quantitative estimate of drug-likeness (QED) is 0.690. The van der Waals surface area contributed by atoms with Crippen LogP contribution in [0, 0.1) is 13.8 Å². The molecule has 0 unspecified atom stereocenters. The number of unbranched alkanes of at least 4 members (excludes halogenated alkanes) is 3. The number of nitrogens with one attached hydrogen (secondary N) is 1. The number of nitrogens with zero attached hydrogens (tertiary/aromatic N) is 1. The van der Waals surface area contributed by atoms with Gasteiger partial charge in [-0.15, -0.1) is 23.7 Å². The van der Waals surface area contributed by atoms with E-state index >= 15 is 0 Å². The number of furan rings is 1. The zero-order valence-electron chi connectivity index (χ0n) is 13.6. The van der Waals surface area contributed by atoms with Gasteiger partial charge in [-0.3, -0.25) is 4.79 Å². The van der Waals surface area contributed by atoms with E-state index in [9.17, 15) is 4.79 Å². The third-order valence-electron chi connectivity index (χ3n) is 3.43. The van der Waals surface area contributed by atoms with Crippen molar-refractivity contribution >= 4 is 34.8 Å². The Morgan fingerprint density at radius 2 is 2.04 bits per heavy atom. The first-order valence-corrected chi connectivity index (χ1v) is 8.51. The lowest BCUT2D eigenvalue weighted by atomic mass is 10.1. The number of anilines is 1. The molecule has 7 heteroatoms. The maximum absolute atomic E-state index is 11.9. The van der Waals surface area contributed by atoms with Crippen LogP contribution in [0.15, 0.2) is 15.9 Å². The number of halogens is 1. The molecule has 2 heterocycles. The summed E-state index contributed by atoms with van der Waals surface area (Å²) in [4.78, 5) is 16.3. The highest BCUT2D eigenvalue weighted by Gasteiger charge is 2.12. The fourth-order valence-corrected chi connectivity index (χ4v) is 3.03. The van der Waals surface area contributed by atoms with Crippen molar-refractivity contribution in [2.75, 3.05) is 11.9 Å². The highest BCUT2D eigenvalue weighted by Crippen LogP contribution is 2.29. The average Bonchev–Trinajstić information content (AvgIpc) is 3.05. The van der Waals surface area contributed by atoms with E-state index < -0.39 is 0 Å². The summed E-state index contributed by atoms with van der Waals surface area (Å²) in [5.41, 5.74) is 7.27. The number of thiazole rings is 1. The molecule has 2 rings (SSSR count). The van der Waals surface area contributed by atoms with Gasteiger partial charge in [0.1, 0.15) is 11.5 Å². The Labute approximate surface area is 147 Å². The molecule has 0 atom stereocenters. The van der Waals surface area contributed by atoms with Gasteiger partial charge in [-0.2, -0.15) is 0 Å². The number of hydrogen-bond acceptors (Lipinski definition) is 5. The summed E-state index contributed by atoms with van der Waals surface area (Å²) in [6.45, 7) is 4.55. The number of carbonyl (C=O) groups excluding carboxylic acids is 1. The van der Waals surface area contributed by atoms with Gasteiger partial charge >= 0.3 is 0 Å². The van der Waals surface area contributed by atoms with Crippen LogP contribution in [0.5, 0.6) is 0 Å². The van der Waals surface area contributed by atoms with Crippen LogP contribution in [0.25, 0.3) is 11.3 Å². The minimum absolute atomic E-state index is 0. The zero-order chi connectivity index (χ0) is 15.9. The molecule has 0 aliphatic carbocycles. The maximum Gasteiger partial charge on any atom is 0.226 e. The summed E-state index contributed by atoms with van der Waals surface area (Å²) in [5, 5.41) is 5.44. The van der Waals surface area contributed by atoms with E-state index in [0.717, 1.165) is 55.0 Å². The van der Waals surface area contributed by atoms with Crippen LogP contribution >= 0.6 is 23.7 Å². The van der Waals surface area contributed by atoms with Gasteiger partial charge in [-0.05, 0) is 39.3 Å². The van der Waals surface area contributed by atoms with Crippen LogP contribution in [-0.2, 0) is 4.79 Å². The monoisotopic (exact) mass is 357 g/mol. The Balaban J connectivity index is 0.00000264. The molecule has 23 heavy (non-hydrogen) atoms. The van der Waals surface area contributed by atoms with Crippen LogP contribution < -0.4 is 11.1 Å². The molecule has 0 aliphatic heterocycles. The lowest BCUT2D eigenvalue weighted by molar-refractivity contribution is -0.116. The van der Waals surface area contributed by atoms with Gasteiger partial charge < -0.3 is 15.5 Å². The van der Waals surface area contributed by atoms with E-state index in [2.05, 4.69) is 10.3 Å². The smallest absolute Gasteiger partial charge is 0.226 e. The minimum Gasteiger partial charge on any atom is -0.466 e. The van der Waals surface area contributed by atoms with Gasteiger partial charge in [0.25, 0.3) is 0 Å². The van der Waals surface area contributed by atoms with Crippen molar-refractivity contribution in [2.24, 2.45) is 5.73 Å². The van der Waals surface area contributed by atoms with E-state index in [0.29, 0.717) is 11.6 Å². The third kappa shape index (κ3) is 5.97. The van der Waals surface area contributed by atoms with Crippen LogP contribution in [0.4, 0.5) is 5.13 Å². The normalized spacial score (nSPS) is 10.4. The van der Waals surface area contributed by atoms with Crippen LogP contribution in [0.1, 0.15) is 43.6 Å². The predicted molar refractivity (Wildman–Crippen MR) is 97.3 cm³/mol. The fourth-order valence-electron chi connectivity index (χ4n) is 2.31. The van der Waals surface area contributed by atoms with Gasteiger partial charge in [0, 0.05) is 17.4 Å². The third-order valence-corrected chi connectivity index (χ3v) is 4.18. The molecule has 0 aliphatic rings. The van der Waals surface area contributed by atoms with Crippen molar-refractivity contribution in [1.29, 1.82) is 0 Å². The van der Waals surface area contributed by atoms with E-state index in [1.165, 1.54) is 11.3 Å². The highest BCUT2D eigenvalue weighted by molar-refractivity contribution is 7.14. The molecule has 0 bridgehead atoms. The molecule has 0 saturated carbocycles. The van der Waals surface area contributed by atoms with E-state index in [1.807, 2.05) is 25.3 Å². The topological polar surface area (TPSA) is 81.2 Å². The Morgan fingerprint density at radius 3 is 2.70 bits per heavy atom. The van der Waals surface area contributed by atoms with Crippen molar-refractivity contribution in [2.45, 2.75) is 46.0 Å². The summed E-state index contributed by atoms with van der Waals surface area (Å²) >= 11 is 1.44. The highest BCUT2D eigenvalue weighted by atomic mass is 35.5. The molecule has 2 aromatic heterocycles. The molecule has 128 valence electrons. The summed E-state index contributed by atoms with van der Waals surface area (Å²) in [7, 11) is 0. The van der Waals surface area contributed by atoms with Gasteiger partial charge in [-0.1, -0.05) is 12.8 Å². The summed E-state index contributed by atoms with van der Waals surface area (Å²) < 4.78 is 5.51. The van der Waals surface area contributed by atoms with Crippen molar-refractivity contribution < 1.29 is 9.21 Å². The van der Waals surface area contributed by atoms with Crippen molar-refractivity contribution in [1.82, 2.24) is 4.98 Å². The summed E-state index contributed by atoms with van der Waals surface area (Å²) in [6.07, 6.45) is 4.58. The second-order valence-corrected chi connectivity index (χ2v) is 6.22. The Morgan fingerprint density at radius 1 is 1.30 bits per heavy atom. The Bertz CT molecular complexity index is 625. The first-order chi connectivity index (χ1) is 10.6. The predicted octanol–water partition coefficient (Wildman–Crippen LogP) is 4.29. The number of aryl methyl sites for hydroxylation is 2. The standard InChI is InChI=1S/C16H23N3O2S.ClH/c1-11-9-13(12(2)21-11)14-10-22-16(18-14)19-15(20)7-5-3-4-6-8-17;/h9-10H,3-8,17H2,1-2H3,(H,18,19,20);1H. The summed E-state index contributed by atoms with van der Waals surface area (Å²) in [6, 6.07) is 1.97. The molecular formula is C16H24ClN3O2S. The van der Waals surface area contributed by atoms with E-state index in [4.69, 9.17) is 10.2 Å². The van der Waals surface area contributed by atoms with Crippen molar-refractivity contribution in [3.8, 4) is 11.3 Å². The Kier molecular flexibility index (Phi) is 8.30. The first-order valence-electron chi connectivity index (χ1n) is 7.63. The second kappa shape index (κ2) is 9.70. The molecular weight excluding hydrogens is 334 g/mol. The first kappa shape index (κ1) is 19.7. The molecule has 0 spiro atoms. The second-order valence-electron chi connectivity index (χ2n) is 5.37. The van der Waals surface area contributed by atoms with Gasteiger partial charge in [0.2, 0.25) is 5.91 Å². The number of rotatable bonds is 8. The number of nitrogens with two attached hydrogens (primary N) is 1. The molecule has 1 amide bonds. The molecule has 0 radical (unpaired) electrons. The number of amides is 1. The van der Waals surface area contributed by atoms with Crippen LogP contribution in [0.3, 0.4) is 0 Å². The molecule has 2 aromatic rings. The minimum atomic E-state index is 0. The Hall–Kier alpha value is -1.37. The molecule has 0 saturated heterocycles. The van der Waals surface area contributed by atoms with Crippen LogP contribution in [-0.4, -0.2) is 17.4 Å². The molecule has 0 fully saturated rings. The molecule has 3 N–H and O–H groups in total. The lowest BCUT2D eigenvalue weighted by Crippen LogP contribution is -2.10. The molecule has 5 nitrogen and oxygen atoms in total. The summed E-state index contributed by atoms with van der Waals surface area (Å²) in [5.74, 6) is 1.73. The average molecular weight is 358 g/mol. The number of aromatic nitrogens is 1. The zero-order valence-corrected chi connectivity index (χ0v) is 15.2. The SMILES string of the molecule is Cc1cc(-c2csc(NC(=O)CCCCCCN)n2)c(C)o1.Cl. The molecule has 0 aromatic carbocycles. The largest absolute Gasteiger partial charge is 0.466 e. The fraction of sp³-hybridized carbons (Fsp3) is 0.500. The van der Waals surface area contributed by atoms with Gasteiger partial charge in [0.15, 0.2) is 5.13 Å². The van der Waals surface area contributed by atoms with Crippen molar-refractivity contribution in [3.05, 3.63) is 23.0 Å². The van der Waals surface area contributed by atoms with Gasteiger partial charge in [0.05, 0.1) is 5.69 Å². The van der Waals surface area contributed by atoms with E-state index in [1.54, 1.807) is 0 Å². The van der Waals surface area contributed by atoms with E-state index in [-0.39, 0.29) is 18.3 Å². The lowest BCUT2D eigenvalue weighted by Gasteiger charge is -2.01. The maximum atomic E-state index is 11.9. The van der Waals surface area contributed by atoms with Crippen molar-refractivity contribution in [3.63, 3.8) is 0 Å².